The highest BCUT2D eigenvalue weighted by Crippen LogP contribution is 2.36. The first-order chi connectivity index (χ1) is 17.7. The highest BCUT2D eigenvalue weighted by Gasteiger charge is 2.34. The van der Waals surface area contributed by atoms with Crippen LogP contribution in [0.4, 0.5) is 5.69 Å². The van der Waals surface area contributed by atoms with Crippen molar-refractivity contribution in [2.75, 3.05) is 20.8 Å². The molecule has 0 aliphatic carbocycles. The van der Waals surface area contributed by atoms with Crippen LogP contribution in [-0.4, -0.2) is 36.3 Å². The van der Waals surface area contributed by atoms with Crippen LogP contribution in [0, 0.1) is 10.1 Å². The Kier molecular flexibility index (Phi) is 7.46. The fourth-order valence-corrected chi connectivity index (χ4v) is 5.36. The van der Waals surface area contributed by atoms with Crippen LogP contribution < -0.4 is 24.4 Å². The zero-order chi connectivity index (χ0) is 26.9. The van der Waals surface area contributed by atoms with Crippen molar-refractivity contribution in [3.8, 4) is 11.5 Å². The molecular weight excluding hydrogens is 522 g/mol. The summed E-state index contributed by atoms with van der Waals surface area (Å²) in [6, 6.07) is 8.65. The Hall–Kier alpha value is -3.96. The summed E-state index contributed by atoms with van der Waals surface area (Å²) in [7, 11) is 2.78. The first-order valence-corrected chi connectivity index (χ1v) is 12.3. The largest absolute Gasteiger partial charge is 0.493 e. The molecule has 0 fully saturated rings. The van der Waals surface area contributed by atoms with Gasteiger partial charge in [-0.2, -0.15) is 0 Å². The van der Waals surface area contributed by atoms with E-state index >= 15 is 0 Å². The molecule has 1 aliphatic rings. The van der Waals surface area contributed by atoms with E-state index in [1.54, 1.807) is 38.1 Å². The lowest BCUT2D eigenvalue weighted by Crippen LogP contribution is -2.40. The second-order valence-electron chi connectivity index (χ2n) is 7.85. The molecule has 2 aromatic carbocycles. The number of rotatable bonds is 7. The van der Waals surface area contributed by atoms with E-state index in [-0.39, 0.29) is 39.5 Å². The van der Waals surface area contributed by atoms with Crippen LogP contribution in [0.3, 0.4) is 0 Å². The van der Waals surface area contributed by atoms with Crippen LogP contribution in [0.5, 0.6) is 11.5 Å². The molecule has 10 nitrogen and oxygen atoms in total. The maximum absolute atomic E-state index is 13.7. The molecule has 37 heavy (non-hydrogen) atoms. The lowest BCUT2D eigenvalue weighted by atomic mass is 9.96. The van der Waals surface area contributed by atoms with Gasteiger partial charge in [0.2, 0.25) is 0 Å². The predicted octanol–water partition coefficient (Wildman–Crippen LogP) is 3.38. The fourth-order valence-electron chi connectivity index (χ4n) is 4.08. The molecular formula is C25H22ClN3O7S. The van der Waals surface area contributed by atoms with E-state index in [9.17, 15) is 19.7 Å². The summed E-state index contributed by atoms with van der Waals surface area (Å²) < 4.78 is 17.3. The summed E-state index contributed by atoms with van der Waals surface area (Å²) in [6.45, 7) is 3.48. The molecule has 0 saturated heterocycles. The Balaban J connectivity index is 2.01. The molecule has 0 bridgehead atoms. The van der Waals surface area contributed by atoms with Gasteiger partial charge in [-0.15, -0.1) is 0 Å². The van der Waals surface area contributed by atoms with Gasteiger partial charge in [0.05, 0.1) is 53.2 Å². The van der Waals surface area contributed by atoms with Gasteiger partial charge in [0, 0.05) is 5.02 Å². The van der Waals surface area contributed by atoms with Crippen LogP contribution in [0.1, 0.15) is 31.0 Å². The number of fused-ring (bicyclic) bond motifs is 1. The van der Waals surface area contributed by atoms with Gasteiger partial charge < -0.3 is 14.2 Å². The van der Waals surface area contributed by atoms with Gasteiger partial charge in [0.1, 0.15) is 6.04 Å². The van der Waals surface area contributed by atoms with Crippen molar-refractivity contribution in [3.05, 3.63) is 93.6 Å². The molecule has 0 saturated carbocycles. The van der Waals surface area contributed by atoms with E-state index in [2.05, 4.69) is 4.99 Å². The summed E-state index contributed by atoms with van der Waals surface area (Å²) in [5.41, 5.74) is 0.468. The van der Waals surface area contributed by atoms with Gasteiger partial charge in [-0.25, -0.2) is 9.79 Å². The standard InChI is InChI=1S/C25H22ClN3O7S/c1-5-36-24(31)21-13(2)27-25-28(22(21)15-8-6-7-9-16(15)26)23(30)20(37-25)11-14-10-18(34-3)19(35-4)12-17(14)29(32)33/h6-12,22H,5H2,1-4H3/t22-/m1/s1. The van der Waals surface area contributed by atoms with Gasteiger partial charge in [0.25, 0.3) is 11.2 Å². The third kappa shape index (κ3) is 4.75. The zero-order valence-electron chi connectivity index (χ0n) is 20.3. The molecule has 3 aromatic rings. The number of carbonyl (C=O) groups is 1. The Morgan fingerprint density at radius 3 is 2.54 bits per heavy atom. The average Bonchev–Trinajstić information content (AvgIpc) is 3.17. The predicted molar refractivity (Wildman–Crippen MR) is 138 cm³/mol. The molecule has 12 heteroatoms. The molecule has 192 valence electrons. The molecule has 1 aliphatic heterocycles. The minimum absolute atomic E-state index is 0.137. The molecule has 2 heterocycles. The SMILES string of the molecule is CCOC(=O)C1=C(C)N=c2sc(=Cc3cc(OC)c(OC)cc3[N+](=O)[O-])c(=O)n2[C@@H]1c1ccccc1Cl. The highest BCUT2D eigenvalue weighted by atomic mass is 35.5. The summed E-state index contributed by atoms with van der Waals surface area (Å²) in [6.07, 6.45) is 1.40. The summed E-state index contributed by atoms with van der Waals surface area (Å²) >= 11 is 7.54. The van der Waals surface area contributed by atoms with E-state index in [4.69, 9.17) is 25.8 Å². The lowest BCUT2D eigenvalue weighted by molar-refractivity contribution is -0.385. The third-order valence-corrected chi connectivity index (χ3v) is 7.06. The smallest absolute Gasteiger partial charge is 0.338 e. The molecule has 0 spiro atoms. The highest BCUT2D eigenvalue weighted by molar-refractivity contribution is 7.07. The minimum Gasteiger partial charge on any atom is -0.493 e. The van der Waals surface area contributed by atoms with Crippen molar-refractivity contribution in [2.24, 2.45) is 4.99 Å². The number of nitrogens with zero attached hydrogens (tertiary/aromatic N) is 3. The maximum Gasteiger partial charge on any atom is 0.338 e. The number of benzene rings is 2. The summed E-state index contributed by atoms with van der Waals surface area (Å²) in [5, 5.41) is 12.1. The topological polar surface area (TPSA) is 122 Å². The van der Waals surface area contributed by atoms with E-state index in [1.165, 1.54) is 37.0 Å². The van der Waals surface area contributed by atoms with Crippen LogP contribution >= 0.6 is 22.9 Å². The fraction of sp³-hybridized carbons (Fsp3) is 0.240. The Bertz CT molecular complexity index is 1620. The van der Waals surface area contributed by atoms with Gasteiger partial charge in [-0.1, -0.05) is 41.1 Å². The molecule has 0 radical (unpaired) electrons. The number of nitro groups is 1. The van der Waals surface area contributed by atoms with Crippen LogP contribution in [0.15, 0.2) is 57.5 Å². The van der Waals surface area contributed by atoms with E-state index in [1.807, 2.05) is 0 Å². The van der Waals surface area contributed by atoms with Gasteiger partial charge in [-0.3, -0.25) is 19.5 Å². The molecule has 0 amide bonds. The van der Waals surface area contributed by atoms with Gasteiger partial charge in [-0.05, 0) is 37.6 Å². The first kappa shape index (κ1) is 26.1. The average molecular weight is 544 g/mol. The van der Waals surface area contributed by atoms with Crippen LogP contribution in [-0.2, 0) is 9.53 Å². The number of hydrogen-bond donors (Lipinski definition) is 0. The third-order valence-electron chi connectivity index (χ3n) is 5.73. The van der Waals surface area contributed by atoms with Crippen molar-refractivity contribution in [3.63, 3.8) is 0 Å². The number of aromatic nitrogens is 1. The van der Waals surface area contributed by atoms with E-state index < -0.39 is 22.5 Å². The van der Waals surface area contributed by atoms with E-state index in [0.717, 1.165) is 11.3 Å². The normalized spacial score (nSPS) is 15.2. The molecule has 1 atom stereocenters. The van der Waals surface area contributed by atoms with Gasteiger partial charge in [0.15, 0.2) is 16.3 Å². The Labute approximate surface area is 219 Å². The van der Waals surface area contributed by atoms with Crippen molar-refractivity contribution >= 4 is 40.7 Å². The number of hydrogen-bond acceptors (Lipinski definition) is 9. The molecule has 0 unspecified atom stereocenters. The Morgan fingerprint density at radius 1 is 1.24 bits per heavy atom. The number of allylic oxidation sites excluding steroid dienone is 1. The van der Waals surface area contributed by atoms with Crippen molar-refractivity contribution in [1.82, 2.24) is 4.57 Å². The molecule has 4 rings (SSSR count). The monoisotopic (exact) mass is 543 g/mol. The second-order valence-corrected chi connectivity index (χ2v) is 9.26. The minimum atomic E-state index is -0.897. The summed E-state index contributed by atoms with van der Waals surface area (Å²) in [5.74, 6) is -0.166. The quantitative estimate of drug-likeness (QED) is 0.254. The van der Waals surface area contributed by atoms with E-state index in [0.29, 0.717) is 21.1 Å². The van der Waals surface area contributed by atoms with Crippen molar-refractivity contribution in [1.29, 1.82) is 0 Å². The number of ether oxygens (including phenoxy) is 3. The summed E-state index contributed by atoms with van der Waals surface area (Å²) in [4.78, 5) is 42.7. The number of thiazole rings is 1. The number of methoxy groups -OCH3 is 2. The first-order valence-electron chi connectivity index (χ1n) is 11.1. The number of nitro benzene ring substituents is 1. The molecule has 0 N–H and O–H groups in total. The zero-order valence-corrected chi connectivity index (χ0v) is 21.9. The number of carbonyl (C=O) groups excluding carboxylic acids is 1. The number of halogens is 1. The second kappa shape index (κ2) is 10.6. The molecule has 1 aromatic heterocycles. The lowest BCUT2D eigenvalue weighted by Gasteiger charge is -2.25. The Morgan fingerprint density at radius 2 is 1.92 bits per heavy atom. The van der Waals surface area contributed by atoms with Crippen LogP contribution in [0.2, 0.25) is 5.02 Å². The van der Waals surface area contributed by atoms with Crippen LogP contribution in [0.25, 0.3) is 6.08 Å². The maximum atomic E-state index is 13.7. The van der Waals surface area contributed by atoms with Gasteiger partial charge >= 0.3 is 5.97 Å². The van der Waals surface area contributed by atoms with Crippen molar-refractivity contribution < 1.29 is 23.9 Å². The number of esters is 1. The van der Waals surface area contributed by atoms with Crippen molar-refractivity contribution in [2.45, 2.75) is 19.9 Å².